The number of hydrogen-bond donors (Lipinski definition) is 2. The number of carbonyl (C=O) groups excluding carboxylic acids is 2. The summed E-state index contributed by atoms with van der Waals surface area (Å²) in [7, 11) is 0. The first-order valence-corrected chi connectivity index (χ1v) is 13.9. The van der Waals surface area contributed by atoms with E-state index in [9.17, 15) is 9.59 Å². The number of hydrogen-bond acceptors (Lipinski definition) is 9. The van der Waals surface area contributed by atoms with Gasteiger partial charge in [-0.2, -0.15) is 11.8 Å². The van der Waals surface area contributed by atoms with Gasteiger partial charge >= 0.3 is 12.2 Å². The Balaban J connectivity index is 1.93. The first-order valence-electron chi connectivity index (χ1n) is 11.5. The molecular weight excluding hydrogens is 488 g/mol. The highest BCUT2D eigenvalue weighted by Crippen LogP contribution is 2.25. The highest BCUT2D eigenvalue weighted by Gasteiger charge is 2.26. The molecule has 1 heterocycles. The molecule has 2 aromatic rings. The van der Waals surface area contributed by atoms with Crippen LogP contribution in [-0.4, -0.2) is 51.8 Å². The van der Waals surface area contributed by atoms with Crippen molar-refractivity contribution in [1.82, 2.24) is 20.8 Å². The van der Waals surface area contributed by atoms with Gasteiger partial charge in [-0.25, -0.2) is 9.59 Å². The quantitative estimate of drug-likeness (QED) is 0.351. The molecule has 0 aliphatic heterocycles. The Hall–Kier alpha value is -2.40. The summed E-state index contributed by atoms with van der Waals surface area (Å²) >= 11 is 3.06. The van der Waals surface area contributed by atoms with Gasteiger partial charge in [0.05, 0.1) is 0 Å². The predicted molar refractivity (Wildman–Crippen MR) is 139 cm³/mol. The molecule has 2 rings (SSSR count). The van der Waals surface area contributed by atoms with Crippen LogP contribution in [0.15, 0.2) is 40.0 Å². The minimum atomic E-state index is -0.566. The Morgan fingerprint density at radius 1 is 1.09 bits per heavy atom. The molecule has 0 aliphatic carbocycles. The maximum atomic E-state index is 12.3. The summed E-state index contributed by atoms with van der Waals surface area (Å²) < 4.78 is 16.5. The summed E-state index contributed by atoms with van der Waals surface area (Å²) in [5.41, 5.74) is 0.334. The third kappa shape index (κ3) is 11.3. The van der Waals surface area contributed by atoms with Gasteiger partial charge in [0.2, 0.25) is 5.89 Å². The summed E-state index contributed by atoms with van der Waals surface area (Å²) in [5, 5.41) is 14.4. The Labute approximate surface area is 215 Å². The van der Waals surface area contributed by atoms with Crippen LogP contribution in [0, 0.1) is 5.92 Å². The second-order valence-corrected chi connectivity index (χ2v) is 11.2. The largest absolute Gasteiger partial charge is 0.445 e. The van der Waals surface area contributed by atoms with Crippen LogP contribution < -0.4 is 10.6 Å². The molecule has 1 aromatic carbocycles. The average Bonchev–Trinajstić information content (AvgIpc) is 3.25. The van der Waals surface area contributed by atoms with Gasteiger partial charge in [-0.05, 0) is 50.7 Å². The van der Waals surface area contributed by atoms with Crippen molar-refractivity contribution in [2.75, 3.05) is 17.8 Å². The molecule has 9 nitrogen and oxygen atoms in total. The van der Waals surface area contributed by atoms with Crippen LogP contribution in [0.4, 0.5) is 9.59 Å². The molecule has 1 aromatic heterocycles. The Kier molecular flexibility index (Phi) is 11.7. The Bertz CT molecular complexity index is 918. The summed E-state index contributed by atoms with van der Waals surface area (Å²) in [6.07, 6.45) is 1.79. The number of benzene rings is 1. The van der Waals surface area contributed by atoms with Crippen molar-refractivity contribution in [3.8, 4) is 0 Å². The van der Waals surface area contributed by atoms with Crippen LogP contribution in [0.2, 0.25) is 0 Å². The van der Waals surface area contributed by atoms with Crippen molar-refractivity contribution in [1.29, 1.82) is 0 Å². The van der Waals surface area contributed by atoms with Crippen molar-refractivity contribution in [3.63, 3.8) is 0 Å². The fraction of sp³-hybridized carbons (Fsp3) is 0.583. The highest BCUT2D eigenvalue weighted by molar-refractivity contribution is 7.99. The number of alkyl carbamates (subject to hydrolysis) is 2. The number of ether oxygens (including phenoxy) is 2. The normalized spacial score (nSPS) is 13.2. The van der Waals surface area contributed by atoms with Crippen LogP contribution in [0.3, 0.4) is 0 Å². The molecule has 2 N–H and O–H groups in total. The zero-order chi connectivity index (χ0) is 25.8. The van der Waals surface area contributed by atoms with Gasteiger partial charge in [-0.1, -0.05) is 55.9 Å². The van der Waals surface area contributed by atoms with Crippen molar-refractivity contribution >= 4 is 35.7 Å². The lowest BCUT2D eigenvalue weighted by Gasteiger charge is -2.23. The summed E-state index contributed by atoms with van der Waals surface area (Å²) in [6, 6.07) is 8.84. The van der Waals surface area contributed by atoms with Crippen molar-refractivity contribution in [2.45, 2.75) is 70.6 Å². The van der Waals surface area contributed by atoms with Gasteiger partial charge in [0.15, 0.2) is 0 Å². The molecule has 35 heavy (non-hydrogen) atoms. The zero-order valence-electron chi connectivity index (χ0n) is 21.2. The molecule has 0 fully saturated rings. The van der Waals surface area contributed by atoms with E-state index < -0.39 is 23.8 Å². The number of nitrogens with one attached hydrogen (secondary N) is 2. The van der Waals surface area contributed by atoms with E-state index in [2.05, 4.69) is 20.8 Å². The van der Waals surface area contributed by atoms with E-state index in [0.717, 1.165) is 17.7 Å². The van der Waals surface area contributed by atoms with Gasteiger partial charge in [0, 0.05) is 11.8 Å². The molecule has 0 saturated carbocycles. The van der Waals surface area contributed by atoms with E-state index in [4.69, 9.17) is 13.9 Å². The van der Waals surface area contributed by atoms with Gasteiger partial charge in [0.1, 0.15) is 18.2 Å². The van der Waals surface area contributed by atoms with Gasteiger partial charge in [0.25, 0.3) is 5.22 Å². The molecular formula is C24H36N4O5S2. The van der Waals surface area contributed by atoms with E-state index in [1.54, 1.807) is 11.8 Å². The number of aromatic nitrogens is 2. The first-order chi connectivity index (χ1) is 16.6. The fourth-order valence-corrected chi connectivity index (χ4v) is 4.27. The van der Waals surface area contributed by atoms with Crippen LogP contribution in [0.1, 0.15) is 58.5 Å². The number of carbonyl (C=O) groups is 2. The third-order valence-corrected chi connectivity index (χ3v) is 6.27. The van der Waals surface area contributed by atoms with Gasteiger partial charge < -0.3 is 24.5 Å². The molecule has 0 unspecified atom stereocenters. The second-order valence-electron chi connectivity index (χ2n) is 9.27. The Morgan fingerprint density at radius 2 is 1.80 bits per heavy atom. The number of nitrogens with zero attached hydrogens (tertiary/aromatic N) is 2. The number of amides is 2. The van der Waals surface area contributed by atoms with Crippen LogP contribution in [0.25, 0.3) is 0 Å². The monoisotopic (exact) mass is 524 g/mol. The molecule has 0 bridgehead atoms. The average molecular weight is 525 g/mol. The minimum Gasteiger partial charge on any atom is -0.445 e. The number of thioether (sulfide) groups is 2. The number of rotatable bonds is 12. The topological polar surface area (TPSA) is 116 Å². The second kappa shape index (κ2) is 14.2. The van der Waals surface area contributed by atoms with Crippen LogP contribution in [0.5, 0.6) is 0 Å². The van der Waals surface area contributed by atoms with Crippen LogP contribution >= 0.6 is 23.5 Å². The standard InChI is InChI=1S/C24H36N4O5S2/c1-16(2)19(26-21(29)31-14-17-10-8-7-9-11-17)20-27-28-23(32-20)35-15-18(12-13-34-6)25-22(30)33-24(3,4)5/h7-11,16,18-19H,12-15H2,1-6H3,(H,25,30)(H,26,29)/t18-,19-/m0/s1. The van der Waals surface area contributed by atoms with E-state index in [1.165, 1.54) is 11.8 Å². The molecule has 0 saturated heterocycles. The van der Waals surface area contributed by atoms with Crippen molar-refractivity contribution < 1.29 is 23.5 Å². The van der Waals surface area contributed by atoms with E-state index >= 15 is 0 Å². The molecule has 2 atom stereocenters. The predicted octanol–water partition coefficient (Wildman–Crippen LogP) is 5.43. The summed E-state index contributed by atoms with van der Waals surface area (Å²) in [5.74, 6) is 1.74. The van der Waals surface area contributed by atoms with Gasteiger partial charge in [-0.15, -0.1) is 10.2 Å². The molecule has 194 valence electrons. The maximum absolute atomic E-state index is 12.3. The Morgan fingerprint density at radius 3 is 2.43 bits per heavy atom. The maximum Gasteiger partial charge on any atom is 0.408 e. The molecule has 11 heteroatoms. The lowest BCUT2D eigenvalue weighted by Crippen LogP contribution is -2.40. The summed E-state index contributed by atoms with van der Waals surface area (Å²) in [6.45, 7) is 9.55. The molecule has 2 amide bonds. The lowest BCUT2D eigenvalue weighted by atomic mass is 10.1. The summed E-state index contributed by atoms with van der Waals surface area (Å²) in [4.78, 5) is 24.6. The molecule has 0 aliphatic rings. The third-order valence-electron chi connectivity index (χ3n) is 4.64. The molecule has 0 radical (unpaired) electrons. The van der Waals surface area contributed by atoms with E-state index in [0.29, 0.717) is 16.9 Å². The van der Waals surface area contributed by atoms with Gasteiger partial charge in [-0.3, -0.25) is 0 Å². The first kappa shape index (κ1) is 28.8. The fourth-order valence-electron chi connectivity index (χ4n) is 2.91. The van der Waals surface area contributed by atoms with E-state index in [-0.39, 0.29) is 18.6 Å². The lowest BCUT2D eigenvalue weighted by molar-refractivity contribution is 0.0508. The van der Waals surface area contributed by atoms with Crippen LogP contribution in [-0.2, 0) is 16.1 Å². The SMILES string of the molecule is CSCC[C@@H](CSc1nnc([C@@H](NC(=O)OCc2ccccc2)C(C)C)o1)NC(=O)OC(C)(C)C. The smallest absolute Gasteiger partial charge is 0.408 e. The van der Waals surface area contributed by atoms with E-state index in [1.807, 2.05) is 71.2 Å². The highest BCUT2D eigenvalue weighted by atomic mass is 32.2. The molecule has 0 spiro atoms. The van der Waals surface area contributed by atoms with Crippen molar-refractivity contribution in [2.24, 2.45) is 5.92 Å². The minimum absolute atomic E-state index is 0.000683. The zero-order valence-corrected chi connectivity index (χ0v) is 22.8. The van der Waals surface area contributed by atoms with Crippen molar-refractivity contribution in [3.05, 3.63) is 41.8 Å².